The lowest BCUT2D eigenvalue weighted by Gasteiger charge is -2.44. The van der Waals surface area contributed by atoms with E-state index in [1.54, 1.807) is 0 Å². The summed E-state index contributed by atoms with van der Waals surface area (Å²) >= 11 is 0. The van der Waals surface area contributed by atoms with Gasteiger partial charge in [0, 0.05) is 13.1 Å². The molecule has 1 aliphatic carbocycles. The third-order valence-corrected chi connectivity index (χ3v) is 4.09. The van der Waals surface area contributed by atoms with Crippen molar-refractivity contribution in [3.05, 3.63) is 0 Å². The van der Waals surface area contributed by atoms with E-state index in [0.717, 1.165) is 18.4 Å². The molecular weight excluding hydrogens is 162 g/mol. The van der Waals surface area contributed by atoms with Crippen molar-refractivity contribution >= 4 is 0 Å². The first-order valence-corrected chi connectivity index (χ1v) is 5.41. The van der Waals surface area contributed by atoms with Crippen molar-refractivity contribution in [2.75, 3.05) is 20.1 Å². The SMILES string of the molecule is C[C@@H]1CC[C@@H]2[C@H]1CN(C)C[C@]2(C)O. The molecule has 76 valence electrons. The van der Waals surface area contributed by atoms with Crippen LogP contribution in [0.2, 0.25) is 0 Å². The second kappa shape index (κ2) is 2.96. The van der Waals surface area contributed by atoms with Crippen molar-refractivity contribution in [1.82, 2.24) is 4.90 Å². The average molecular weight is 183 g/mol. The summed E-state index contributed by atoms with van der Waals surface area (Å²) in [7, 11) is 2.12. The summed E-state index contributed by atoms with van der Waals surface area (Å²) in [6.45, 7) is 6.38. The van der Waals surface area contributed by atoms with E-state index in [2.05, 4.69) is 18.9 Å². The number of aliphatic hydroxyl groups is 1. The molecule has 2 heteroatoms. The van der Waals surface area contributed by atoms with E-state index in [1.807, 2.05) is 6.92 Å². The van der Waals surface area contributed by atoms with Gasteiger partial charge in [-0.25, -0.2) is 0 Å². The van der Waals surface area contributed by atoms with Crippen LogP contribution < -0.4 is 0 Å². The molecule has 2 nitrogen and oxygen atoms in total. The zero-order valence-electron chi connectivity index (χ0n) is 8.95. The fourth-order valence-corrected chi connectivity index (χ4v) is 3.43. The normalized spacial score (nSPS) is 52.2. The van der Waals surface area contributed by atoms with Crippen LogP contribution in [-0.2, 0) is 0 Å². The summed E-state index contributed by atoms with van der Waals surface area (Å²) in [5, 5.41) is 10.3. The Labute approximate surface area is 80.9 Å². The van der Waals surface area contributed by atoms with Crippen LogP contribution in [0.15, 0.2) is 0 Å². The van der Waals surface area contributed by atoms with Gasteiger partial charge >= 0.3 is 0 Å². The fraction of sp³-hybridized carbons (Fsp3) is 1.00. The Morgan fingerprint density at radius 3 is 2.77 bits per heavy atom. The van der Waals surface area contributed by atoms with Gasteiger partial charge in [0.25, 0.3) is 0 Å². The lowest BCUT2D eigenvalue weighted by molar-refractivity contribution is -0.0794. The Morgan fingerprint density at radius 2 is 2.08 bits per heavy atom. The molecule has 0 aromatic carbocycles. The maximum atomic E-state index is 10.3. The summed E-state index contributed by atoms with van der Waals surface area (Å²) in [5.41, 5.74) is -0.442. The maximum Gasteiger partial charge on any atom is 0.0777 e. The van der Waals surface area contributed by atoms with Crippen molar-refractivity contribution in [1.29, 1.82) is 0 Å². The predicted molar refractivity (Wildman–Crippen MR) is 53.5 cm³/mol. The highest BCUT2D eigenvalue weighted by atomic mass is 16.3. The van der Waals surface area contributed by atoms with Gasteiger partial charge in [-0.15, -0.1) is 0 Å². The smallest absolute Gasteiger partial charge is 0.0777 e. The van der Waals surface area contributed by atoms with Crippen molar-refractivity contribution in [3.8, 4) is 0 Å². The van der Waals surface area contributed by atoms with Gasteiger partial charge in [-0.3, -0.25) is 0 Å². The largest absolute Gasteiger partial charge is 0.389 e. The monoisotopic (exact) mass is 183 g/mol. The average Bonchev–Trinajstić information content (AvgIpc) is 2.31. The first kappa shape index (κ1) is 9.47. The highest BCUT2D eigenvalue weighted by Crippen LogP contribution is 2.45. The summed E-state index contributed by atoms with van der Waals surface area (Å²) in [6, 6.07) is 0. The molecule has 2 rings (SSSR count). The molecule has 2 fully saturated rings. The molecule has 1 heterocycles. The number of β-amino-alcohol motifs (C(OH)–C–C–N with tert-alkyl or cyclic N) is 1. The first-order valence-electron chi connectivity index (χ1n) is 5.41. The number of hydrogen-bond acceptors (Lipinski definition) is 2. The van der Waals surface area contributed by atoms with Crippen LogP contribution in [0.25, 0.3) is 0 Å². The molecule has 1 saturated heterocycles. The number of likely N-dealkylation sites (N-methyl/N-ethyl adjacent to an activating group) is 1. The second-order valence-electron chi connectivity index (χ2n) is 5.38. The van der Waals surface area contributed by atoms with Crippen molar-refractivity contribution in [2.45, 2.75) is 32.3 Å². The minimum absolute atomic E-state index is 0.442. The molecule has 0 aromatic rings. The Bertz CT molecular complexity index is 202. The molecule has 0 bridgehead atoms. The number of hydrogen-bond donors (Lipinski definition) is 1. The maximum absolute atomic E-state index is 10.3. The fourth-order valence-electron chi connectivity index (χ4n) is 3.43. The van der Waals surface area contributed by atoms with E-state index < -0.39 is 5.60 Å². The summed E-state index contributed by atoms with van der Waals surface area (Å²) in [5.74, 6) is 2.09. The minimum Gasteiger partial charge on any atom is -0.389 e. The molecule has 0 unspecified atom stereocenters. The van der Waals surface area contributed by atoms with E-state index in [-0.39, 0.29) is 0 Å². The molecule has 2 aliphatic rings. The highest BCUT2D eigenvalue weighted by Gasteiger charge is 2.47. The molecule has 4 atom stereocenters. The van der Waals surface area contributed by atoms with Crippen LogP contribution in [0.5, 0.6) is 0 Å². The van der Waals surface area contributed by atoms with Crippen LogP contribution in [0.1, 0.15) is 26.7 Å². The third kappa shape index (κ3) is 1.50. The van der Waals surface area contributed by atoms with E-state index in [4.69, 9.17) is 0 Å². The van der Waals surface area contributed by atoms with Gasteiger partial charge in [0.05, 0.1) is 5.60 Å². The summed E-state index contributed by atoms with van der Waals surface area (Å²) < 4.78 is 0. The van der Waals surface area contributed by atoms with Crippen LogP contribution >= 0.6 is 0 Å². The van der Waals surface area contributed by atoms with Crippen LogP contribution in [0.4, 0.5) is 0 Å². The van der Waals surface area contributed by atoms with Crippen molar-refractivity contribution in [3.63, 3.8) is 0 Å². The lowest BCUT2D eigenvalue weighted by atomic mass is 9.75. The van der Waals surface area contributed by atoms with Crippen molar-refractivity contribution < 1.29 is 5.11 Å². The van der Waals surface area contributed by atoms with Gasteiger partial charge in [-0.2, -0.15) is 0 Å². The third-order valence-electron chi connectivity index (χ3n) is 4.09. The number of likely N-dealkylation sites (tertiary alicyclic amines) is 1. The molecule has 13 heavy (non-hydrogen) atoms. The zero-order valence-corrected chi connectivity index (χ0v) is 8.95. The standard InChI is InChI=1S/C11H21NO/c1-8-4-5-10-9(8)6-12(3)7-11(10,2)13/h8-10,13H,4-7H2,1-3H3/t8-,9+,10-,11+/m1/s1. The Hall–Kier alpha value is -0.0800. The second-order valence-corrected chi connectivity index (χ2v) is 5.38. The van der Waals surface area contributed by atoms with E-state index >= 15 is 0 Å². The molecule has 0 aromatic heterocycles. The minimum atomic E-state index is -0.442. The molecule has 0 radical (unpaired) electrons. The molecule has 1 N–H and O–H groups in total. The quantitative estimate of drug-likeness (QED) is 0.612. The number of fused-ring (bicyclic) bond motifs is 1. The van der Waals surface area contributed by atoms with Gasteiger partial charge in [0.2, 0.25) is 0 Å². The Balaban J connectivity index is 2.18. The number of rotatable bonds is 0. The number of nitrogens with zero attached hydrogens (tertiary/aromatic N) is 1. The van der Waals surface area contributed by atoms with Gasteiger partial charge in [-0.05, 0) is 38.1 Å². The molecule has 1 saturated carbocycles. The number of piperidine rings is 1. The Kier molecular flexibility index (Phi) is 2.16. The first-order chi connectivity index (χ1) is 6.00. The topological polar surface area (TPSA) is 23.5 Å². The van der Waals surface area contributed by atoms with Gasteiger partial charge in [0.15, 0.2) is 0 Å². The van der Waals surface area contributed by atoms with Crippen LogP contribution in [-0.4, -0.2) is 35.7 Å². The van der Waals surface area contributed by atoms with E-state index in [0.29, 0.717) is 5.92 Å². The van der Waals surface area contributed by atoms with Gasteiger partial charge < -0.3 is 10.0 Å². The van der Waals surface area contributed by atoms with Crippen LogP contribution in [0.3, 0.4) is 0 Å². The van der Waals surface area contributed by atoms with Gasteiger partial charge in [-0.1, -0.05) is 13.3 Å². The van der Waals surface area contributed by atoms with Crippen LogP contribution in [0, 0.1) is 17.8 Å². The van der Waals surface area contributed by atoms with Crippen molar-refractivity contribution in [2.24, 2.45) is 17.8 Å². The summed E-state index contributed by atoms with van der Waals surface area (Å²) in [4.78, 5) is 2.28. The highest BCUT2D eigenvalue weighted by molar-refractivity contribution is 4.99. The Morgan fingerprint density at radius 1 is 1.38 bits per heavy atom. The molecule has 1 aliphatic heterocycles. The predicted octanol–water partition coefficient (Wildman–Crippen LogP) is 1.35. The molecule has 0 amide bonds. The van der Waals surface area contributed by atoms with E-state index in [1.165, 1.54) is 19.4 Å². The molecular formula is C11H21NO. The van der Waals surface area contributed by atoms with E-state index in [9.17, 15) is 5.11 Å². The van der Waals surface area contributed by atoms with Gasteiger partial charge in [0.1, 0.15) is 0 Å². The lowest BCUT2D eigenvalue weighted by Crippen LogP contribution is -2.54. The zero-order chi connectivity index (χ0) is 9.64. The summed E-state index contributed by atoms with van der Waals surface area (Å²) in [6.07, 6.45) is 2.53. The molecule has 0 spiro atoms.